The van der Waals surface area contributed by atoms with Gasteiger partial charge in [-0.25, -0.2) is 13.2 Å². The molecule has 0 saturated carbocycles. The maximum absolute atomic E-state index is 13.4. The van der Waals surface area contributed by atoms with Gasteiger partial charge in [-0.2, -0.15) is 13.2 Å². The fraction of sp³-hybridized carbons (Fsp3) is 0.500. The number of amides is 1. The van der Waals surface area contributed by atoms with Crippen LogP contribution in [0.2, 0.25) is 0 Å². The number of carbonyl (C=O) groups is 2. The van der Waals surface area contributed by atoms with Crippen molar-refractivity contribution >= 4 is 33.3 Å². The molecular formula is C28H35F3N4O6S. The zero-order valence-electron chi connectivity index (χ0n) is 23.0. The summed E-state index contributed by atoms with van der Waals surface area (Å²) in [5.74, 6) is -2.99. The number of hydrogen-bond acceptors (Lipinski definition) is 7. The molecule has 2 fully saturated rings. The normalized spacial score (nSPS) is 18.8. The van der Waals surface area contributed by atoms with Crippen LogP contribution in [0.5, 0.6) is 0 Å². The predicted octanol–water partition coefficient (Wildman–Crippen LogP) is 3.32. The second kappa shape index (κ2) is 13.7. The minimum atomic E-state index is -5.08. The van der Waals surface area contributed by atoms with Crippen molar-refractivity contribution in [3.8, 4) is 0 Å². The molecule has 1 amide bonds. The number of carbonyl (C=O) groups excluding carboxylic acids is 1. The fourth-order valence-corrected chi connectivity index (χ4v) is 6.25. The van der Waals surface area contributed by atoms with Crippen LogP contribution in [0.25, 0.3) is 0 Å². The lowest BCUT2D eigenvalue weighted by Gasteiger charge is -2.31. The number of fused-ring (bicyclic) bond motifs is 1. The Hall–Kier alpha value is -3.36. The number of benzene rings is 2. The SMILES string of the molecule is O=C(NCC1CCCO1)c1ccc(N2CCNCC2)c(NS(=O)(=O)c2ccc3c(c2)CCCC3)c1.O=C(O)C(F)(F)F. The number of rotatable bonds is 7. The largest absolute Gasteiger partial charge is 0.490 e. The molecule has 2 aromatic rings. The van der Waals surface area contributed by atoms with E-state index in [1.165, 1.54) is 5.56 Å². The van der Waals surface area contributed by atoms with Crippen LogP contribution in [0.15, 0.2) is 41.3 Å². The Bertz CT molecular complexity index is 1370. The highest BCUT2D eigenvalue weighted by atomic mass is 32.2. The Morgan fingerprint density at radius 3 is 2.36 bits per heavy atom. The molecule has 1 atom stereocenters. The van der Waals surface area contributed by atoms with Gasteiger partial charge in [0, 0.05) is 44.9 Å². The Kier molecular flexibility index (Phi) is 10.3. The van der Waals surface area contributed by atoms with Gasteiger partial charge in [0.1, 0.15) is 0 Å². The molecule has 2 aliphatic heterocycles. The smallest absolute Gasteiger partial charge is 0.475 e. The molecule has 1 unspecified atom stereocenters. The van der Waals surface area contributed by atoms with Gasteiger partial charge in [0.25, 0.3) is 15.9 Å². The van der Waals surface area contributed by atoms with E-state index in [9.17, 15) is 26.4 Å². The summed E-state index contributed by atoms with van der Waals surface area (Å²) in [6, 6.07) is 10.7. The van der Waals surface area contributed by atoms with E-state index in [1.54, 1.807) is 24.3 Å². The van der Waals surface area contributed by atoms with Crippen molar-refractivity contribution in [3.05, 3.63) is 53.1 Å². The molecule has 0 radical (unpaired) electrons. The Balaban J connectivity index is 0.000000517. The Morgan fingerprint density at radius 1 is 1.02 bits per heavy atom. The van der Waals surface area contributed by atoms with Crippen molar-refractivity contribution < 1.29 is 41.0 Å². The first-order valence-electron chi connectivity index (χ1n) is 13.9. The Morgan fingerprint density at radius 2 is 1.71 bits per heavy atom. The number of carboxylic acid groups (broad SMARTS) is 1. The molecule has 4 N–H and O–H groups in total. The van der Waals surface area contributed by atoms with Crippen molar-refractivity contribution in [2.45, 2.75) is 55.7 Å². The quantitative estimate of drug-likeness (QED) is 0.374. The second-order valence-electron chi connectivity index (χ2n) is 10.4. The summed E-state index contributed by atoms with van der Waals surface area (Å²) in [5, 5.41) is 13.4. The summed E-state index contributed by atoms with van der Waals surface area (Å²) >= 11 is 0. The second-order valence-corrected chi connectivity index (χ2v) is 12.0. The average Bonchev–Trinajstić information content (AvgIpc) is 3.49. The van der Waals surface area contributed by atoms with Crippen LogP contribution in [0.4, 0.5) is 24.5 Å². The number of alkyl halides is 3. The lowest BCUT2D eigenvalue weighted by molar-refractivity contribution is -0.192. The van der Waals surface area contributed by atoms with Crippen molar-refractivity contribution in [2.75, 3.05) is 49.0 Å². The van der Waals surface area contributed by atoms with Crippen LogP contribution in [0.3, 0.4) is 0 Å². The molecule has 230 valence electrons. The number of hydrogen-bond donors (Lipinski definition) is 4. The van der Waals surface area contributed by atoms with Crippen LogP contribution >= 0.6 is 0 Å². The molecule has 0 bridgehead atoms. The molecule has 2 aromatic carbocycles. The van der Waals surface area contributed by atoms with Crippen molar-refractivity contribution in [3.63, 3.8) is 0 Å². The van der Waals surface area contributed by atoms with Gasteiger partial charge in [-0.1, -0.05) is 6.07 Å². The number of aryl methyl sites for hydroxylation is 2. The predicted molar refractivity (Wildman–Crippen MR) is 150 cm³/mol. The average molecular weight is 613 g/mol. The first-order chi connectivity index (χ1) is 19.9. The van der Waals surface area contributed by atoms with E-state index in [0.717, 1.165) is 82.6 Å². The Labute approximate surface area is 242 Å². The molecule has 0 spiro atoms. The fourth-order valence-electron chi connectivity index (χ4n) is 5.14. The molecule has 14 heteroatoms. The van der Waals surface area contributed by atoms with Crippen LogP contribution in [0.1, 0.15) is 47.2 Å². The van der Waals surface area contributed by atoms with E-state index in [-0.39, 0.29) is 16.9 Å². The topological polar surface area (TPSA) is 137 Å². The zero-order valence-corrected chi connectivity index (χ0v) is 23.8. The molecule has 2 heterocycles. The molecule has 42 heavy (non-hydrogen) atoms. The first kappa shape index (κ1) is 31.6. The summed E-state index contributed by atoms with van der Waals surface area (Å²) in [7, 11) is -3.82. The number of carboxylic acids is 1. The van der Waals surface area contributed by atoms with Crippen LogP contribution in [0, 0.1) is 0 Å². The van der Waals surface area contributed by atoms with Gasteiger partial charge < -0.3 is 25.4 Å². The van der Waals surface area contributed by atoms with E-state index < -0.39 is 22.2 Å². The maximum Gasteiger partial charge on any atom is 0.490 e. The summed E-state index contributed by atoms with van der Waals surface area (Å²) in [6.07, 6.45) is 1.04. The number of sulfonamides is 1. The number of anilines is 2. The lowest BCUT2D eigenvalue weighted by atomic mass is 9.92. The molecular weight excluding hydrogens is 577 g/mol. The molecule has 0 aromatic heterocycles. The molecule has 1 aliphatic carbocycles. The summed E-state index contributed by atoms with van der Waals surface area (Å²) in [6.45, 7) is 4.35. The van der Waals surface area contributed by atoms with Crippen molar-refractivity contribution in [1.29, 1.82) is 0 Å². The van der Waals surface area contributed by atoms with Gasteiger partial charge in [-0.05, 0) is 80.0 Å². The molecule has 2 saturated heterocycles. The summed E-state index contributed by atoms with van der Waals surface area (Å²) in [4.78, 5) is 24.2. The number of nitrogens with one attached hydrogen (secondary N) is 3. The number of nitrogens with zero attached hydrogens (tertiary/aromatic N) is 1. The van der Waals surface area contributed by atoms with E-state index in [2.05, 4.69) is 20.3 Å². The van der Waals surface area contributed by atoms with E-state index in [4.69, 9.17) is 14.6 Å². The first-order valence-corrected chi connectivity index (χ1v) is 15.4. The third-order valence-electron chi connectivity index (χ3n) is 7.35. The third kappa shape index (κ3) is 8.35. The molecule has 3 aliphatic rings. The number of ether oxygens (including phenoxy) is 1. The molecule has 5 rings (SSSR count). The van der Waals surface area contributed by atoms with Crippen LogP contribution in [-0.2, 0) is 32.4 Å². The monoisotopic (exact) mass is 612 g/mol. The van der Waals surface area contributed by atoms with Gasteiger partial charge >= 0.3 is 12.1 Å². The van der Waals surface area contributed by atoms with Crippen LogP contribution < -0.4 is 20.3 Å². The maximum atomic E-state index is 13.4. The summed E-state index contributed by atoms with van der Waals surface area (Å²) < 4.78 is 67.0. The molecule has 10 nitrogen and oxygen atoms in total. The van der Waals surface area contributed by atoms with Gasteiger partial charge in [0.05, 0.1) is 22.4 Å². The standard InChI is InChI=1S/C26H34N4O4S.C2HF3O2/c31-26(28-18-22-6-3-15-34-22)21-8-10-25(30-13-11-27-12-14-30)24(17-21)29-35(32,33)23-9-7-19-4-1-2-5-20(19)16-23;3-2(4,5)1(6)7/h7-10,16-17,22,27,29H,1-6,11-15,18H2,(H,28,31);(H,6,7). The third-order valence-corrected chi connectivity index (χ3v) is 8.71. The van der Waals surface area contributed by atoms with E-state index >= 15 is 0 Å². The highest BCUT2D eigenvalue weighted by Gasteiger charge is 2.38. The number of aliphatic carboxylic acids is 1. The van der Waals surface area contributed by atoms with E-state index in [0.29, 0.717) is 17.8 Å². The van der Waals surface area contributed by atoms with Gasteiger partial charge in [-0.15, -0.1) is 0 Å². The van der Waals surface area contributed by atoms with E-state index in [1.807, 2.05) is 12.1 Å². The van der Waals surface area contributed by atoms with Crippen molar-refractivity contribution in [1.82, 2.24) is 10.6 Å². The zero-order chi connectivity index (χ0) is 30.3. The number of piperazine rings is 1. The van der Waals surface area contributed by atoms with Crippen molar-refractivity contribution in [2.24, 2.45) is 0 Å². The van der Waals surface area contributed by atoms with Gasteiger partial charge in [0.2, 0.25) is 0 Å². The lowest BCUT2D eigenvalue weighted by Crippen LogP contribution is -2.43. The minimum absolute atomic E-state index is 0.0426. The highest BCUT2D eigenvalue weighted by molar-refractivity contribution is 7.92. The number of halogens is 3. The van der Waals surface area contributed by atoms with Gasteiger partial charge in [0.15, 0.2) is 0 Å². The summed E-state index contributed by atoms with van der Waals surface area (Å²) in [5.41, 5.74) is 3.98. The highest BCUT2D eigenvalue weighted by Crippen LogP contribution is 2.31. The van der Waals surface area contributed by atoms with Crippen LogP contribution in [-0.4, -0.2) is 77.0 Å². The minimum Gasteiger partial charge on any atom is -0.475 e. The van der Waals surface area contributed by atoms with Gasteiger partial charge in [-0.3, -0.25) is 9.52 Å².